The summed E-state index contributed by atoms with van der Waals surface area (Å²) in [5, 5.41) is 11.8. The van der Waals surface area contributed by atoms with Crippen LogP contribution < -0.4 is 44.2 Å². The highest BCUT2D eigenvalue weighted by Crippen LogP contribution is 2.14. The van der Waals surface area contributed by atoms with E-state index in [-0.39, 0.29) is 29.7 Å². The first kappa shape index (κ1) is 50.1. The van der Waals surface area contributed by atoms with Gasteiger partial charge in [-0.05, 0) is 90.1 Å². The second-order valence-corrected chi connectivity index (χ2v) is 15.3. The summed E-state index contributed by atoms with van der Waals surface area (Å²) in [5.74, 6) is -1.13. The molecule has 0 spiro atoms. The fourth-order valence-corrected chi connectivity index (χ4v) is 6.36. The van der Waals surface area contributed by atoms with Gasteiger partial charge in [-0.3, -0.25) is 24.2 Å². The molecule has 13 heteroatoms. The molecule has 310 valence electrons. The zero-order chi connectivity index (χ0) is 39.7. The smallest absolute Gasteiger partial charge is 0.243 e. The normalized spacial score (nSPS) is 13.5. The summed E-state index contributed by atoms with van der Waals surface area (Å²) < 4.78 is 0. The van der Waals surface area contributed by atoms with E-state index in [1.54, 1.807) is 0 Å². The van der Waals surface area contributed by atoms with Crippen molar-refractivity contribution < 1.29 is 19.2 Å². The second-order valence-electron chi connectivity index (χ2n) is 15.3. The van der Waals surface area contributed by atoms with Gasteiger partial charge in [0, 0.05) is 19.0 Å². The van der Waals surface area contributed by atoms with Gasteiger partial charge in [0.2, 0.25) is 23.6 Å². The predicted octanol–water partition coefficient (Wildman–Crippen LogP) is 4.78. The van der Waals surface area contributed by atoms with Gasteiger partial charge in [-0.2, -0.15) is 0 Å². The van der Waals surface area contributed by atoms with Gasteiger partial charge >= 0.3 is 0 Å². The van der Waals surface area contributed by atoms with Crippen molar-refractivity contribution in [2.75, 3.05) is 19.6 Å². The van der Waals surface area contributed by atoms with Crippen molar-refractivity contribution in [3.63, 3.8) is 0 Å². The van der Waals surface area contributed by atoms with E-state index in [1.165, 1.54) is 64.2 Å². The fraction of sp³-hybridized carbons (Fsp3) is 0.875. The van der Waals surface area contributed by atoms with Crippen molar-refractivity contribution in [3.8, 4) is 0 Å². The van der Waals surface area contributed by atoms with Gasteiger partial charge in [-0.1, -0.05) is 97.8 Å². The molecule has 0 aromatic carbocycles. The van der Waals surface area contributed by atoms with Gasteiger partial charge in [0.15, 0.2) is 5.96 Å². The van der Waals surface area contributed by atoms with E-state index in [0.717, 1.165) is 25.7 Å². The Morgan fingerprint density at radius 3 is 1.45 bits per heavy atom. The van der Waals surface area contributed by atoms with Gasteiger partial charge in [0.1, 0.15) is 18.1 Å². The third kappa shape index (κ3) is 29.2. The van der Waals surface area contributed by atoms with E-state index in [1.807, 2.05) is 20.8 Å². The van der Waals surface area contributed by atoms with Crippen LogP contribution in [-0.4, -0.2) is 73.4 Å². The number of nitrogens with two attached hydrogens (primary N) is 4. The summed E-state index contributed by atoms with van der Waals surface area (Å²) in [6.07, 6.45) is 21.6. The van der Waals surface area contributed by atoms with E-state index < -0.39 is 29.9 Å². The summed E-state index contributed by atoms with van der Waals surface area (Å²) in [5.41, 5.74) is 22.2. The molecule has 0 saturated heterocycles. The third-order valence-corrected chi connectivity index (χ3v) is 9.50. The van der Waals surface area contributed by atoms with E-state index in [0.29, 0.717) is 77.4 Å². The Kier molecular flexibility index (Phi) is 31.8. The second kappa shape index (κ2) is 33.6. The maximum atomic E-state index is 13.7. The largest absolute Gasteiger partial charge is 0.370 e. The molecule has 0 aromatic rings. The molecule has 0 rings (SSSR count). The van der Waals surface area contributed by atoms with E-state index >= 15 is 0 Å². The lowest BCUT2D eigenvalue weighted by Gasteiger charge is -2.27. The Labute approximate surface area is 322 Å². The van der Waals surface area contributed by atoms with Gasteiger partial charge in [-0.15, -0.1) is 0 Å². The van der Waals surface area contributed by atoms with Crippen LogP contribution in [0.15, 0.2) is 4.99 Å². The van der Waals surface area contributed by atoms with Crippen LogP contribution in [0.2, 0.25) is 0 Å². The van der Waals surface area contributed by atoms with Crippen LogP contribution in [0.1, 0.15) is 175 Å². The molecule has 0 fully saturated rings. The van der Waals surface area contributed by atoms with Crippen LogP contribution in [0.3, 0.4) is 0 Å². The van der Waals surface area contributed by atoms with Crippen molar-refractivity contribution >= 4 is 29.6 Å². The average molecular weight is 752 g/mol. The summed E-state index contributed by atoms with van der Waals surface area (Å²) >= 11 is 0. The number of aliphatic imine (C=N–C) groups is 1. The number of hydrogen-bond donors (Lipinski definition) is 8. The average Bonchev–Trinajstić information content (AvgIpc) is 3.10. The number of amides is 4. The SMILES string of the molecule is CCCCCCCCCCCCCCCC(=O)N[C@@H](CCCCN)C(=O)N[C@@H](CCCCN)C(=O)N[C@@H](CC(C)C)C(=O)N[C@@H](C)CCCN=C(N)N. The van der Waals surface area contributed by atoms with E-state index in [4.69, 9.17) is 22.9 Å². The van der Waals surface area contributed by atoms with Crippen LogP contribution in [0.5, 0.6) is 0 Å². The lowest BCUT2D eigenvalue weighted by atomic mass is 10.0. The van der Waals surface area contributed by atoms with Crippen molar-refractivity contribution in [2.24, 2.45) is 33.8 Å². The molecule has 12 N–H and O–H groups in total. The molecule has 13 nitrogen and oxygen atoms in total. The number of carbonyl (C=O) groups is 4. The summed E-state index contributed by atoms with van der Waals surface area (Å²) in [6.45, 7) is 9.52. The summed E-state index contributed by atoms with van der Waals surface area (Å²) in [4.78, 5) is 57.6. The fourth-order valence-electron chi connectivity index (χ4n) is 6.36. The minimum absolute atomic E-state index is 0.0313. The molecule has 0 aliphatic heterocycles. The maximum Gasteiger partial charge on any atom is 0.243 e. The monoisotopic (exact) mass is 752 g/mol. The Hall–Kier alpha value is -2.93. The molecule has 0 radical (unpaired) electrons. The Morgan fingerprint density at radius 2 is 0.981 bits per heavy atom. The van der Waals surface area contributed by atoms with Crippen molar-refractivity contribution in [1.82, 2.24) is 21.3 Å². The summed E-state index contributed by atoms with van der Waals surface area (Å²) in [7, 11) is 0. The number of hydrogen-bond acceptors (Lipinski definition) is 7. The Balaban J connectivity index is 5.20. The van der Waals surface area contributed by atoms with Crippen LogP contribution in [0.25, 0.3) is 0 Å². The number of carbonyl (C=O) groups excluding carboxylic acids is 4. The highest BCUT2D eigenvalue weighted by Gasteiger charge is 2.30. The molecular formula is C40H81N9O4. The standard InChI is InChI=1S/C40H81N9O4/c1-5-6-7-8-9-10-11-12-13-14-15-16-17-26-36(50)47-33(24-18-20-27-41)37(51)48-34(25-19-21-28-42)38(52)49-35(30-31(2)3)39(53)46-32(4)23-22-29-45-40(43)44/h31-35H,5-30,41-42H2,1-4H3,(H,46,53)(H,47,50)(H,48,51)(H,49,52)(H4,43,44,45)/t32-,33-,34-,35-/m0/s1. The maximum absolute atomic E-state index is 13.7. The molecule has 53 heavy (non-hydrogen) atoms. The number of rotatable bonds is 35. The minimum Gasteiger partial charge on any atom is -0.370 e. The van der Waals surface area contributed by atoms with Gasteiger partial charge in [0.25, 0.3) is 0 Å². The van der Waals surface area contributed by atoms with Gasteiger partial charge in [-0.25, -0.2) is 0 Å². The van der Waals surface area contributed by atoms with Crippen LogP contribution in [0.4, 0.5) is 0 Å². The lowest BCUT2D eigenvalue weighted by molar-refractivity contribution is -0.134. The first-order valence-electron chi connectivity index (χ1n) is 21.1. The number of nitrogens with zero attached hydrogens (tertiary/aromatic N) is 1. The molecule has 0 bridgehead atoms. The first-order chi connectivity index (χ1) is 25.4. The Morgan fingerprint density at radius 1 is 0.528 bits per heavy atom. The topological polar surface area (TPSA) is 233 Å². The van der Waals surface area contributed by atoms with Crippen LogP contribution >= 0.6 is 0 Å². The minimum atomic E-state index is -0.886. The Bertz CT molecular complexity index is 991. The van der Waals surface area contributed by atoms with E-state index in [2.05, 4.69) is 33.2 Å². The van der Waals surface area contributed by atoms with Gasteiger partial charge < -0.3 is 44.2 Å². The first-order valence-corrected chi connectivity index (χ1v) is 21.1. The van der Waals surface area contributed by atoms with Gasteiger partial charge in [0.05, 0.1) is 0 Å². The number of guanidine groups is 1. The van der Waals surface area contributed by atoms with E-state index in [9.17, 15) is 19.2 Å². The zero-order valence-electron chi connectivity index (χ0n) is 34.2. The predicted molar refractivity (Wildman–Crippen MR) is 219 cm³/mol. The summed E-state index contributed by atoms with van der Waals surface area (Å²) in [6, 6.07) is -2.60. The highest BCUT2D eigenvalue weighted by molar-refractivity contribution is 5.94. The molecule has 0 heterocycles. The van der Waals surface area contributed by atoms with Crippen molar-refractivity contribution in [3.05, 3.63) is 0 Å². The van der Waals surface area contributed by atoms with Crippen LogP contribution in [-0.2, 0) is 19.2 Å². The molecule has 0 saturated carbocycles. The molecule has 4 amide bonds. The molecule has 0 aromatic heterocycles. The van der Waals surface area contributed by atoms with Crippen molar-refractivity contribution in [1.29, 1.82) is 0 Å². The molecule has 0 unspecified atom stereocenters. The quantitative estimate of drug-likeness (QED) is 0.0254. The zero-order valence-corrected chi connectivity index (χ0v) is 34.2. The molecule has 0 aliphatic carbocycles. The molecule has 4 atom stereocenters. The third-order valence-electron chi connectivity index (χ3n) is 9.50. The number of unbranched alkanes of at least 4 members (excludes halogenated alkanes) is 14. The highest BCUT2D eigenvalue weighted by atomic mass is 16.2. The lowest BCUT2D eigenvalue weighted by Crippen LogP contribution is -2.57. The molecular weight excluding hydrogens is 670 g/mol. The van der Waals surface area contributed by atoms with Crippen LogP contribution in [0, 0.1) is 5.92 Å². The molecule has 0 aliphatic rings. The van der Waals surface area contributed by atoms with Crippen molar-refractivity contribution in [2.45, 2.75) is 200 Å². The number of nitrogens with one attached hydrogen (secondary N) is 4.